The Labute approximate surface area is 162 Å². The van der Waals surface area contributed by atoms with Gasteiger partial charge in [0.2, 0.25) is 0 Å². The number of furan rings is 1. The van der Waals surface area contributed by atoms with Gasteiger partial charge in [0.15, 0.2) is 15.8 Å². The number of nitrogens with one attached hydrogen (secondary N) is 2. The Bertz CT molecular complexity index is 843. The molecule has 0 aliphatic heterocycles. The zero-order valence-electron chi connectivity index (χ0n) is 16.3. The molecule has 2 aromatic rings. The van der Waals surface area contributed by atoms with Crippen LogP contribution in [0.5, 0.6) is 0 Å². The summed E-state index contributed by atoms with van der Waals surface area (Å²) in [5.74, 6) is 1.68. The molecule has 0 fully saturated rings. The van der Waals surface area contributed by atoms with Crippen LogP contribution in [0.4, 0.5) is 0 Å². The molecule has 0 spiro atoms. The Balaban J connectivity index is 2.00. The van der Waals surface area contributed by atoms with Crippen LogP contribution < -0.4 is 10.6 Å². The third-order valence-electron chi connectivity index (χ3n) is 4.13. The number of guanidine groups is 1. The quantitative estimate of drug-likeness (QED) is 0.390. The van der Waals surface area contributed by atoms with E-state index in [9.17, 15) is 8.42 Å². The van der Waals surface area contributed by atoms with E-state index in [0.717, 1.165) is 55.2 Å². The van der Waals surface area contributed by atoms with Crippen molar-refractivity contribution in [2.24, 2.45) is 4.99 Å². The fourth-order valence-corrected chi connectivity index (χ4v) is 3.67. The maximum Gasteiger partial charge on any atom is 0.191 e. The Morgan fingerprint density at radius 2 is 1.96 bits per heavy atom. The highest BCUT2D eigenvalue weighted by molar-refractivity contribution is 7.90. The highest BCUT2D eigenvalue weighted by Crippen LogP contribution is 2.17. The molecule has 148 valence electrons. The molecule has 1 aromatic carbocycles. The summed E-state index contributed by atoms with van der Waals surface area (Å²) in [6.07, 6.45) is 5.86. The minimum atomic E-state index is -3.20. The average Bonchev–Trinajstić information content (AvgIpc) is 3.11. The second-order valence-electron chi connectivity index (χ2n) is 6.57. The normalized spacial score (nSPS) is 12.2. The van der Waals surface area contributed by atoms with E-state index in [1.807, 2.05) is 31.2 Å². The summed E-state index contributed by atoms with van der Waals surface area (Å²) in [5.41, 5.74) is 1.72. The lowest BCUT2D eigenvalue weighted by atomic mass is 10.1. The topological polar surface area (TPSA) is 83.7 Å². The first-order chi connectivity index (χ1) is 12.9. The van der Waals surface area contributed by atoms with Crippen LogP contribution in [0.25, 0.3) is 0 Å². The van der Waals surface area contributed by atoms with Gasteiger partial charge in [0.1, 0.15) is 5.76 Å². The van der Waals surface area contributed by atoms with Gasteiger partial charge >= 0.3 is 0 Å². The fraction of sp³-hybridized carbons (Fsp3) is 0.450. The molecule has 0 unspecified atom stereocenters. The molecule has 1 heterocycles. The van der Waals surface area contributed by atoms with Crippen molar-refractivity contribution in [3.8, 4) is 0 Å². The standard InChI is InChI=1S/C20H29N3O3S/c1-4-5-11-21-20(22-12-10-18-7-6-13-26-18)23-15-17-8-9-19(16(2)14-17)27(3,24)25/h6-9,13-14H,4-5,10-12,15H2,1-3H3,(H2,21,22,23). The number of hydrogen-bond acceptors (Lipinski definition) is 4. The summed E-state index contributed by atoms with van der Waals surface area (Å²) in [7, 11) is -3.20. The van der Waals surface area contributed by atoms with Gasteiger partial charge in [-0.25, -0.2) is 13.4 Å². The largest absolute Gasteiger partial charge is 0.469 e. The molecule has 2 rings (SSSR count). The van der Waals surface area contributed by atoms with Gasteiger partial charge in [-0.3, -0.25) is 0 Å². The number of hydrogen-bond donors (Lipinski definition) is 2. The van der Waals surface area contributed by atoms with Gasteiger partial charge in [-0.1, -0.05) is 25.5 Å². The summed E-state index contributed by atoms with van der Waals surface area (Å²) >= 11 is 0. The average molecular weight is 392 g/mol. The van der Waals surface area contributed by atoms with Crippen molar-refractivity contribution in [2.75, 3.05) is 19.3 Å². The van der Waals surface area contributed by atoms with Crippen LogP contribution in [-0.4, -0.2) is 33.7 Å². The first kappa shape index (κ1) is 21.0. The van der Waals surface area contributed by atoms with E-state index >= 15 is 0 Å². The van der Waals surface area contributed by atoms with E-state index in [4.69, 9.17) is 4.42 Å². The van der Waals surface area contributed by atoms with E-state index < -0.39 is 9.84 Å². The molecule has 27 heavy (non-hydrogen) atoms. The van der Waals surface area contributed by atoms with Crippen molar-refractivity contribution in [1.82, 2.24) is 10.6 Å². The van der Waals surface area contributed by atoms with Gasteiger partial charge in [0.25, 0.3) is 0 Å². The summed E-state index contributed by atoms with van der Waals surface area (Å²) in [6.45, 7) is 6.01. The van der Waals surface area contributed by atoms with Crippen LogP contribution in [0, 0.1) is 6.92 Å². The van der Waals surface area contributed by atoms with E-state index in [1.54, 1.807) is 12.3 Å². The third-order valence-corrected chi connectivity index (χ3v) is 5.38. The molecule has 0 amide bonds. The number of sulfone groups is 1. The molecule has 0 aliphatic rings. The Kier molecular flexibility index (Phi) is 7.91. The Morgan fingerprint density at radius 1 is 1.19 bits per heavy atom. The van der Waals surface area contributed by atoms with Crippen molar-refractivity contribution >= 4 is 15.8 Å². The maximum absolute atomic E-state index is 11.7. The number of unbranched alkanes of at least 4 members (excludes halogenated alkanes) is 1. The first-order valence-electron chi connectivity index (χ1n) is 9.24. The monoisotopic (exact) mass is 391 g/mol. The molecule has 0 saturated heterocycles. The van der Waals surface area contributed by atoms with Gasteiger partial charge in [0, 0.05) is 25.8 Å². The number of aliphatic imine (C=N–C) groups is 1. The molecular formula is C20H29N3O3S. The zero-order chi connectivity index (χ0) is 19.7. The van der Waals surface area contributed by atoms with Crippen LogP contribution >= 0.6 is 0 Å². The molecule has 6 nitrogen and oxygen atoms in total. The smallest absolute Gasteiger partial charge is 0.191 e. The molecule has 1 aromatic heterocycles. The Morgan fingerprint density at radius 3 is 2.59 bits per heavy atom. The van der Waals surface area contributed by atoms with Crippen LogP contribution in [-0.2, 0) is 22.8 Å². The maximum atomic E-state index is 11.7. The van der Waals surface area contributed by atoms with Gasteiger partial charge in [-0.15, -0.1) is 0 Å². The molecular weight excluding hydrogens is 362 g/mol. The highest BCUT2D eigenvalue weighted by atomic mass is 32.2. The van der Waals surface area contributed by atoms with Crippen LogP contribution in [0.3, 0.4) is 0 Å². The third kappa shape index (κ3) is 7.09. The second-order valence-corrected chi connectivity index (χ2v) is 8.56. The number of rotatable bonds is 9. The summed E-state index contributed by atoms with van der Waals surface area (Å²) in [6, 6.07) is 9.19. The molecule has 2 N–H and O–H groups in total. The minimum Gasteiger partial charge on any atom is -0.469 e. The fourth-order valence-electron chi connectivity index (χ4n) is 2.71. The molecule has 7 heteroatoms. The predicted molar refractivity (Wildman–Crippen MR) is 109 cm³/mol. The number of nitrogens with zero attached hydrogens (tertiary/aromatic N) is 1. The molecule has 0 saturated carbocycles. The minimum absolute atomic E-state index is 0.369. The molecule has 0 aliphatic carbocycles. The summed E-state index contributed by atoms with van der Waals surface area (Å²) < 4.78 is 28.8. The van der Waals surface area contributed by atoms with E-state index in [0.29, 0.717) is 11.4 Å². The van der Waals surface area contributed by atoms with E-state index in [1.165, 1.54) is 6.26 Å². The lowest BCUT2D eigenvalue weighted by Gasteiger charge is -2.12. The van der Waals surface area contributed by atoms with Crippen molar-refractivity contribution in [3.05, 3.63) is 53.5 Å². The van der Waals surface area contributed by atoms with Crippen molar-refractivity contribution in [3.63, 3.8) is 0 Å². The van der Waals surface area contributed by atoms with Gasteiger partial charge in [0.05, 0.1) is 17.7 Å². The van der Waals surface area contributed by atoms with Gasteiger partial charge in [-0.2, -0.15) is 0 Å². The van der Waals surface area contributed by atoms with Crippen molar-refractivity contribution in [2.45, 2.75) is 44.6 Å². The SMILES string of the molecule is CCCCNC(=NCc1ccc(S(C)(=O)=O)c(C)c1)NCCc1ccco1. The van der Waals surface area contributed by atoms with Gasteiger partial charge < -0.3 is 15.1 Å². The van der Waals surface area contributed by atoms with Crippen molar-refractivity contribution < 1.29 is 12.8 Å². The summed E-state index contributed by atoms with van der Waals surface area (Å²) in [5, 5.41) is 6.65. The van der Waals surface area contributed by atoms with E-state index in [-0.39, 0.29) is 0 Å². The first-order valence-corrected chi connectivity index (χ1v) is 11.1. The van der Waals surface area contributed by atoms with Crippen LogP contribution in [0.2, 0.25) is 0 Å². The zero-order valence-corrected chi connectivity index (χ0v) is 17.1. The number of aryl methyl sites for hydroxylation is 1. The molecule has 0 atom stereocenters. The molecule has 0 bridgehead atoms. The van der Waals surface area contributed by atoms with E-state index in [2.05, 4.69) is 22.5 Å². The Hall–Kier alpha value is -2.28. The predicted octanol–water partition coefficient (Wildman–Crippen LogP) is 3.07. The lowest BCUT2D eigenvalue weighted by molar-refractivity contribution is 0.506. The number of benzene rings is 1. The second kappa shape index (κ2) is 10.2. The highest BCUT2D eigenvalue weighted by Gasteiger charge is 2.10. The molecule has 0 radical (unpaired) electrons. The van der Waals surface area contributed by atoms with Gasteiger partial charge in [-0.05, 0) is 42.7 Å². The lowest BCUT2D eigenvalue weighted by Crippen LogP contribution is -2.38. The van der Waals surface area contributed by atoms with Crippen LogP contribution in [0.1, 0.15) is 36.7 Å². The van der Waals surface area contributed by atoms with Crippen molar-refractivity contribution in [1.29, 1.82) is 0 Å². The summed E-state index contributed by atoms with van der Waals surface area (Å²) in [4.78, 5) is 5.00. The van der Waals surface area contributed by atoms with Crippen LogP contribution in [0.15, 0.2) is 50.9 Å².